The molecule has 0 aliphatic carbocycles. The van der Waals surface area contributed by atoms with E-state index in [2.05, 4.69) is 29.8 Å². The van der Waals surface area contributed by atoms with Crippen molar-refractivity contribution in [1.82, 2.24) is 24.5 Å². The molecule has 1 aliphatic rings. The number of carbonyl (C=O) groups is 1. The van der Waals surface area contributed by atoms with Crippen LogP contribution in [-0.4, -0.2) is 56.2 Å². The van der Waals surface area contributed by atoms with E-state index in [1.165, 1.54) is 35.0 Å². The van der Waals surface area contributed by atoms with Gasteiger partial charge in [0, 0.05) is 43.6 Å². The molecule has 1 unspecified atom stereocenters. The molecule has 1 atom stereocenters. The van der Waals surface area contributed by atoms with Gasteiger partial charge in [0.25, 0.3) is 0 Å². The van der Waals surface area contributed by atoms with E-state index >= 15 is 0 Å². The van der Waals surface area contributed by atoms with Crippen LogP contribution in [0.15, 0.2) is 24.3 Å². The van der Waals surface area contributed by atoms with Crippen LogP contribution in [-0.2, 0) is 12.8 Å². The van der Waals surface area contributed by atoms with Crippen LogP contribution in [0.5, 0.6) is 0 Å². The Bertz CT molecular complexity index is 1010. The minimum Gasteiger partial charge on any atom is -0.343 e. The van der Waals surface area contributed by atoms with Gasteiger partial charge in [0.05, 0.1) is 0 Å². The van der Waals surface area contributed by atoms with Crippen LogP contribution in [0.25, 0.3) is 0 Å². The standard InChI is InChI=1S/C19H22FN7OS2/c1-3-16-23-24-17(29-16)22-18(28)27-9-8-26(11-12(27)2)19-21-15(25-30-19)10-13-4-6-14(20)7-5-13/h4-7,12H,3,8-11H2,1-2H3,(H,22,24,28). The van der Waals surface area contributed by atoms with Gasteiger partial charge < -0.3 is 9.80 Å². The minimum atomic E-state index is -0.251. The van der Waals surface area contributed by atoms with Gasteiger partial charge in [0.2, 0.25) is 10.3 Å². The Labute approximate surface area is 181 Å². The molecule has 30 heavy (non-hydrogen) atoms. The summed E-state index contributed by atoms with van der Waals surface area (Å²) in [5.41, 5.74) is 0.971. The number of urea groups is 1. The van der Waals surface area contributed by atoms with Crippen molar-refractivity contribution in [1.29, 1.82) is 0 Å². The molecule has 0 saturated carbocycles. The van der Waals surface area contributed by atoms with E-state index in [0.717, 1.165) is 27.9 Å². The second kappa shape index (κ2) is 9.00. The lowest BCUT2D eigenvalue weighted by Crippen LogP contribution is -2.55. The Morgan fingerprint density at radius 2 is 2.07 bits per heavy atom. The van der Waals surface area contributed by atoms with Gasteiger partial charge in [-0.15, -0.1) is 10.2 Å². The first-order valence-electron chi connectivity index (χ1n) is 9.73. The van der Waals surface area contributed by atoms with Gasteiger partial charge in [-0.2, -0.15) is 4.37 Å². The van der Waals surface area contributed by atoms with Gasteiger partial charge in [-0.25, -0.2) is 14.2 Å². The monoisotopic (exact) mass is 447 g/mol. The maximum absolute atomic E-state index is 13.1. The summed E-state index contributed by atoms with van der Waals surface area (Å²) in [6.07, 6.45) is 1.36. The van der Waals surface area contributed by atoms with Crippen LogP contribution in [0.4, 0.5) is 19.4 Å². The molecule has 2 aromatic heterocycles. The average Bonchev–Trinajstić information content (AvgIpc) is 3.39. The molecule has 3 heterocycles. The Balaban J connectivity index is 1.34. The van der Waals surface area contributed by atoms with Crippen molar-refractivity contribution in [2.45, 2.75) is 32.7 Å². The average molecular weight is 448 g/mol. The largest absolute Gasteiger partial charge is 0.343 e. The van der Waals surface area contributed by atoms with Crippen LogP contribution in [0.3, 0.4) is 0 Å². The number of piperazine rings is 1. The third kappa shape index (κ3) is 4.73. The number of benzene rings is 1. The van der Waals surface area contributed by atoms with E-state index in [4.69, 9.17) is 0 Å². The van der Waals surface area contributed by atoms with Gasteiger partial charge in [-0.3, -0.25) is 5.32 Å². The highest BCUT2D eigenvalue weighted by Gasteiger charge is 2.29. The molecule has 11 heteroatoms. The van der Waals surface area contributed by atoms with Crippen LogP contribution in [0.1, 0.15) is 30.2 Å². The van der Waals surface area contributed by atoms with E-state index in [1.807, 2.05) is 18.7 Å². The lowest BCUT2D eigenvalue weighted by molar-refractivity contribution is 0.185. The number of aryl methyl sites for hydroxylation is 1. The first-order valence-corrected chi connectivity index (χ1v) is 11.3. The van der Waals surface area contributed by atoms with Crippen LogP contribution in [0.2, 0.25) is 0 Å². The summed E-state index contributed by atoms with van der Waals surface area (Å²) in [5, 5.41) is 13.2. The SMILES string of the molecule is CCc1nnc(NC(=O)N2CCN(c3nc(Cc4ccc(F)cc4)ns3)CC2C)s1. The second-order valence-corrected chi connectivity index (χ2v) is 8.86. The topological polar surface area (TPSA) is 87.1 Å². The molecule has 8 nitrogen and oxygen atoms in total. The fourth-order valence-corrected chi connectivity index (χ4v) is 4.66. The van der Waals surface area contributed by atoms with Crippen molar-refractivity contribution in [3.8, 4) is 0 Å². The highest BCUT2D eigenvalue weighted by atomic mass is 32.1. The smallest absolute Gasteiger partial charge is 0.324 e. The molecule has 1 aliphatic heterocycles. The van der Waals surface area contributed by atoms with Crippen molar-refractivity contribution < 1.29 is 9.18 Å². The summed E-state index contributed by atoms with van der Waals surface area (Å²) in [5.74, 6) is 0.468. The highest BCUT2D eigenvalue weighted by Crippen LogP contribution is 2.23. The second-order valence-electron chi connectivity index (χ2n) is 7.07. The van der Waals surface area contributed by atoms with Crippen LogP contribution >= 0.6 is 22.9 Å². The number of aromatic nitrogens is 4. The lowest BCUT2D eigenvalue weighted by Gasteiger charge is -2.39. The summed E-state index contributed by atoms with van der Waals surface area (Å²) in [6.45, 7) is 5.96. The first kappa shape index (κ1) is 20.6. The van der Waals surface area contributed by atoms with Crippen LogP contribution in [0, 0.1) is 5.82 Å². The summed E-state index contributed by atoms with van der Waals surface area (Å²) in [4.78, 5) is 21.2. The number of carbonyl (C=O) groups excluding carboxylic acids is 1. The number of hydrogen-bond donors (Lipinski definition) is 1. The third-order valence-corrected chi connectivity index (χ3v) is 6.67. The Morgan fingerprint density at radius 3 is 2.77 bits per heavy atom. The predicted molar refractivity (Wildman–Crippen MR) is 116 cm³/mol. The molecule has 1 fully saturated rings. The third-order valence-electron chi connectivity index (χ3n) is 4.87. The van der Waals surface area contributed by atoms with Crippen molar-refractivity contribution >= 4 is 39.2 Å². The summed E-state index contributed by atoms with van der Waals surface area (Å²) < 4.78 is 17.5. The van der Waals surface area contributed by atoms with Gasteiger partial charge in [-0.05, 0) is 31.0 Å². The zero-order valence-corrected chi connectivity index (χ0v) is 18.3. The van der Waals surface area contributed by atoms with Crippen molar-refractivity contribution in [2.24, 2.45) is 0 Å². The molecule has 0 spiro atoms. The molecule has 0 radical (unpaired) electrons. The minimum absolute atomic E-state index is 0.0155. The fourth-order valence-electron chi connectivity index (χ4n) is 3.27. The van der Waals surface area contributed by atoms with E-state index in [9.17, 15) is 9.18 Å². The van der Waals surface area contributed by atoms with Gasteiger partial charge in [-0.1, -0.05) is 30.4 Å². The number of nitrogens with zero attached hydrogens (tertiary/aromatic N) is 6. The van der Waals surface area contributed by atoms with E-state index in [-0.39, 0.29) is 17.9 Å². The van der Waals surface area contributed by atoms with E-state index in [0.29, 0.717) is 31.2 Å². The molecule has 3 aromatic rings. The molecular weight excluding hydrogens is 425 g/mol. The van der Waals surface area contributed by atoms with E-state index < -0.39 is 0 Å². The van der Waals surface area contributed by atoms with Crippen LogP contribution < -0.4 is 10.2 Å². The molecule has 0 bridgehead atoms. The van der Waals surface area contributed by atoms with Gasteiger partial charge in [0.15, 0.2) is 0 Å². The van der Waals surface area contributed by atoms with Gasteiger partial charge >= 0.3 is 6.03 Å². The number of nitrogens with one attached hydrogen (secondary N) is 1. The number of rotatable bonds is 5. The van der Waals surface area contributed by atoms with Gasteiger partial charge in [0.1, 0.15) is 16.6 Å². The first-order chi connectivity index (χ1) is 14.5. The molecule has 1 aromatic carbocycles. The van der Waals surface area contributed by atoms with Crippen molar-refractivity contribution in [2.75, 3.05) is 29.9 Å². The Hall–Kier alpha value is -2.66. The summed E-state index contributed by atoms with van der Waals surface area (Å²) >= 11 is 2.75. The normalized spacial score (nSPS) is 16.7. The summed E-state index contributed by atoms with van der Waals surface area (Å²) in [6, 6.07) is 6.24. The number of anilines is 2. The fraction of sp³-hybridized carbons (Fsp3) is 0.421. The lowest BCUT2D eigenvalue weighted by atomic mass is 10.1. The molecule has 158 valence electrons. The number of halogens is 1. The molecule has 1 saturated heterocycles. The zero-order chi connectivity index (χ0) is 21.1. The summed E-state index contributed by atoms with van der Waals surface area (Å²) in [7, 11) is 0. The van der Waals surface area contributed by atoms with Crippen molar-refractivity contribution in [3.63, 3.8) is 0 Å². The van der Waals surface area contributed by atoms with Crippen molar-refractivity contribution in [3.05, 3.63) is 46.5 Å². The Morgan fingerprint density at radius 1 is 1.27 bits per heavy atom. The highest BCUT2D eigenvalue weighted by molar-refractivity contribution is 7.15. The quantitative estimate of drug-likeness (QED) is 0.645. The van der Waals surface area contributed by atoms with E-state index in [1.54, 1.807) is 12.1 Å². The molecule has 2 amide bonds. The Kier molecular flexibility index (Phi) is 6.18. The number of amides is 2. The maximum atomic E-state index is 13.1. The molecular formula is C19H22FN7OS2. The molecule has 1 N–H and O–H groups in total. The zero-order valence-electron chi connectivity index (χ0n) is 16.7. The maximum Gasteiger partial charge on any atom is 0.324 e. The predicted octanol–water partition coefficient (Wildman–Crippen LogP) is 3.42. The number of hydrogen-bond acceptors (Lipinski definition) is 8. The molecule has 4 rings (SSSR count).